The van der Waals surface area contributed by atoms with Gasteiger partial charge >= 0.3 is 12.1 Å². The number of hydrogen-bond acceptors (Lipinski definition) is 9. The second-order valence-electron chi connectivity index (χ2n) is 10.1. The van der Waals surface area contributed by atoms with Crippen molar-refractivity contribution in [3.8, 4) is 5.75 Å². The molecule has 1 fully saturated rings. The van der Waals surface area contributed by atoms with Crippen molar-refractivity contribution < 1.29 is 43.0 Å². The molecule has 0 aromatic heterocycles. The van der Waals surface area contributed by atoms with Gasteiger partial charge in [-0.25, -0.2) is 9.59 Å². The first kappa shape index (κ1) is 25.9. The number of rotatable bonds is 4. The topological polar surface area (TPSA) is 137 Å². The summed E-state index contributed by atoms with van der Waals surface area (Å²) in [6.45, 7) is 9.30. The molecule has 0 aliphatic carbocycles. The number of fused-ring (bicyclic) bond motifs is 1. The lowest BCUT2D eigenvalue weighted by Crippen LogP contribution is -2.58. The van der Waals surface area contributed by atoms with Crippen LogP contribution in [-0.4, -0.2) is 69.3 Å². The van der Waals surface area contributed by atoms with E-state index < -0.39 is 59.5 Å². The summed E-state index contributed by atoms with van der Waals surface area (Å²) in [6, 6.07) is 2.89. The summed E-state index contributed by atoms with van der Waals surface area (Å²) in [7, 11) is 0. The summed E-state index contributed by atoms with van der Waals surface area (Å²) < 4.78 is 15.8. The van der Waals surface area contributed by atoms with Crippen molar-refractivity contribution in [2.75, 3.05) is 6.61 Å². The van der Waals surface area contributed by atoms with Gasteiger partial charge in [-0.05, 0) is 60.1 Å². The van der Waals surface area contributed by atoms with Gasteiger partial charge in [-0.1, -0.05) is 6.07 Å². The first-order valence-corrected chi connectivity index (χ1v) is 11.1. The normalized spacial score (nSPS) is 18.5. The van der Waals surface area contributed by atoms with Gasteiger partial charge in [0.25, 0.3) is 17.7 Å². The molecule has 188 valence electrons. The number of likely N-dealkylation sites (tertiary alicyclic amines) is 1. The molecule has 0 saturated carbocycles. The molecule has 11 nitrogen and oxygen atoms in total. The van der Waals surface area contributed by atoms with Crippen LogP contribution in [0.5, 0.6) is 5.75 Å². The van der Waals surface area contributed by atoms with Crippen LogP contribution in [0.25, 0.3) is 0 Å². The molecule has 1 saturated heterocycles. The Morgan fingerprint density at radius 1 is 0.943 bits per heavy atom. The van der Waals surface area contributed by atoms with E-state index in [1.54, 1.807) is 41.5 Å². The Balaban J connectivity index is 1.84. The molecule has 0 spiro atoms. The Morgan fingerprint density at radius 2 is 1.57 bits per heavy atom. The zero-order valence-electron chi connectivity index (χ0n) is 20.5. The minimum absolute atomic E-state index is 0.0230. The van der Waals surface area contributed by atoms with Crippen molar-refractivity contribution >= 4 is 35.7 Å². The van der Waals surface area contributed by atoms with Gasteiger partial charge in [-0.2, -0.15) is 4.90 Å². The SMILES string of the molecule is CC(C)(C)OC(=O)COc1cccc2c1C(=O)N(C1CCC(=O)N(C(=O)OC(C)(C)C)C1=O)C2=O. The maximum atomic E-state index is 13.3. The first-order valence-electron chi connectivity index (χ1n) is 11.1. The van der Waals surface area contributed by atoms with Gasteiger partial charge in [0, 0.05) is 6.42 Å². The molecule has 0 bridgehead atoms. The first-order chi connectivity index (χ1) is 16.1. The minimum atomic E-state index is -1.38. The van der Waals surface area contributed by atoms with Gasteiger partial charge in [-0.15, -0.1) is 0 Å². The quantitative estimate of drug-likeness (QED) is 0.462. The third kappa shape index (κ3) is 5.50. The zero-order chi connectivity index (χ0) is 26.3. The highest BCUT2D eigenvalue weighted by molar-refractivity contribution is 6.25. The molecule has 0 N–H and O–H groups in total. The molecule has 35 heavy (non-hydrogen) atoms. The predicted octanol–water partition coefficient (Wildman–Crippen LogP) is 2.46. The Kier molecular flexibility index (Phi) is 6.74. The maximum absolute atomic E-state index is 13.3. The minimum Gasteiger partial charge on any atom is -0.481 e. The van der Waals surface area contributed by atoms with Gasteiger partial charge in [-0.3, -0.25) is 24.1 Å². The summed E-state index contributed by atoms with van der Waals surface area (Å²) in [5.41, 5.74) is -1.85. The van der Waals surface area contributed by atoms with Crippen molar-refractivity contribution in [3.63, 3.8) is 0 Å². The average molecular weight is 488 g/mol. The molecule has 1 unspecified atom stereocenters. The number of carbonyl (C=O) groups is 6. The molecule has 2 heterocycles. The molecule has 5 amide bonds. The number of ether oxygens (including phenoxy) is 3. The van der Waals surface area contributed by atoms with E-state index in [1.165, 1.54) is 18.2 Å². The monoisotopic (exact) mass is 488 g/mol. The van der Waals surface area contributed by atoms with Gasteiger partial charge in [0.05, 0.1) is 11.1 Å². The van der Waals surface area contributed by atoms with Gasteiger partial charge < -0.3 is 14.2 Å². The van der Waals surface area contributed by atoms with Crippen molar-refractivity contribution in [2.24, 2.45) is 0 Å². The van der Waals surface area contributed by atoms with E-state index in [2.05, 4.69) is 0 Å². The van der Waals surface area contributed by atoms with E-state index in [0.29, 0.717) is 4.90 Å². The van der Waals surface area contributed by atoms with E-state index >= 15 is 0 Å². The van der Waals surface area contributed by atoms with Crippen LogP contribution in [0.4, 0.5) is 4.79 Å². The highest BCUT2D eigenvalue weighted by Gasteiger charge is 2.50. The summed E-state index contributed by atoms with van der Waals surface area (Å²) in [4.78, 5) is 77.4. The lowest BCUT2D eigenvalue weighted by molar-refractivity contribution is -0.157. The predicted molar refractivity (Wildman–Crippen MR) is 119 cm³/mol. The number of amides is 5. The third-order valence-corrected chi connectivity index (χ3v) is 4.95. The molecule has 2 aliphatic heterocycles. The van der Waals surface area contributed by atoms with Crippen LogP contribution in [0.1, 0.15) is 75.1 Å². The van der Waals surface area contributed by atoms with E-state index in [0.717, 1.165) is 4.90 Å². The van der Waals surface area contributed by atoms with Crippen molar-refractivity contribution in [1.29, 1.82) is 0 Å². The Hall–Kier alpha value is -3.76. The maximum Gasteiger partial charge on any atom is 0.424 e. The smallest absolute Gasteiger partial charge is 0.424 e. The summed E-state index contributed by atoms with van der Waals surface area (Å²) in [5, 5.41) is 0. The molecular formula is C24H28N2O9. The van der Waals surface area contributed by atoms with Crippen LogP contribution in [-0.2, 0) is 23.9 Å². The van der Waals surface area contributed by atoms with Crippen LogP contribution in [0.15, 0.2) is 18.2 Å². The van der Waals surface area contributed by atoms with Crippen LogP contribution < -0.4 is 4.74 Å². The largest absolute Gasteiger partial charge is 0.481 e. The van der Waals surface area contributed by atoms with Crippen LogP contribution >= 0.6 is 0 Å². The van der Waals surface area contributed by atoms with Crippen LogP contribution in [0.3, 0.4) is 0 Å². The Labute approximate surface area is 202 Å². The highest BCUT2D eigenvalue weighted by Crippen LogP contribution is 2.34. The number of esters is 1. The molecule has 3 rings (SSSR count). The molecule has 1 aromatic carbocycles. The molecule has 2 aliphatic rings. The number of piperidine rings is 1. The standard InChI is InChI=1S/C24H28N2O9/c1-23(2,3)34-17(28)12-33-15-9-7-8-13-18(15)21(31)25(19(13)29)14-10-11-16(27)26(20(14)30)22(32)35-24(4,5)6/h7-9,14H,10-12H2,1-6H3. The Morgan fingerprint density at radius 3 is 2.17 bits per heavy atom. The fraction of sp³-hybridized carbons (Fsp3) is 0.500. The van der Waals surface area contributed by atoms with Crippen LogP contribution in [0, 0.1) is 0 Å². The lowest BCUT2D eigenvalue weighted by atomic mass is 10.0. The molecule has 1 atom stereocenters. The summed E-state index contributed by atoms with van der Waals surface area (Å²) >= 11 is 0. The lowest BCUT2D eigenvalue weighted by Gasteiger charge is -2.34. The summed E-state index contributed by atoms with van der Waals surface area (Å²) in [5.74, 6) is -4.11. The van der Waals surface area contributed by atoms with Crippen molar-refractivity contribution in [1.82, 2.24) is 9.80 Å². The summed E-state index contributed by atoms with van der Waals surface area (Å²) in [6.07, 6.45) is -1.56. The van der Waals surface area contributed by atoms with Gasteiger partial charge in [0.1, 0.15) is 23.0 Å². The van der Waals surface area contributed by atoms with E-state index in [-0.39, 0.29) is 29.7 Å². The van der Waals surface area contributed by atoms with Crippen molar-refractivity contribution in [2.45, 2.75) is 71.6 Å². The van der Waals surface area contributed by atoms with E-state index in [4.69, 9.17) is 14.2 Å². The fourth-order valence-electron chi connectivity index (χ4n) is 3.69. The number of nitrogens with zero attached hydrogens (tertiary/aromatic N) is 2. The number of carbonyl (C=O) groups excluding carboxylic acids is 6. The number of hydrogen-bond donors (Lipinski definition) is 0. The second-order valence-corrected chi connectivity index (χ2v) is 10.1. The van der Waals surface area contributed by atoms with Crippen molar-refractivity contribution in [3.05, 3.63) is 29.3 Å². The number of benzene rings is 1. The fourth-order valence-corrected chi connectivity index (χ4v) is 3.69. The molecule has 0 radical (unpaired) electrons. The van der Waals surface area contributed by atoms with Gasteiger partial charge in [0.2, 0.25) is 5.91 Å². The molecular weight excluding hydrogens is 460 g/mol. The Bertz CT molecular complexity index is 1110. The van der Waals surface area contributed by atoms with E-state index in [1.807, 2.05) is 0 Å². The van der Waals surface area contributed by atoms with Gasteiger partial charge in [0.15, 0.2) is 6.61 Å². The molecule has 11 heteroatoms. The number of imide groups is 4. The average Bonchev–Trinajstić information content (AvgIpc) is 2.95. The molecule has 1 aromatic rings. The van der Waals surface area contributed by atoms with Crippen LogP contribution in [0.2, 0.25) is 0 Å². The second kappa shape index (κ2) is 9.12. The van der Waals surface area contributed by atoms with E-state index in [9.17, 15) is 28.8 Å². The zero-order valence-corrected chi connectivity index (χ0v) is 20.5. The third-order valence-electron chi connectivity index (χ3n) is 4.95. The highest BCUT2D eigenvalue weighted by atomic mass is 16.6.